The summed E-state index contributed by atoms with van der Waals surface area (Å²) < 4.78 is 26.6. The summed E-state index contributed by atoms with van der Waals surface area (Å²) in [7, 11) is 1.44. The van der Waals surface area contributed by atoms with Crippen LogP contribution in [0.4, 0.5) is 8.78 Å². The molecule has 0 saturated carbocycles. The van der Waals surface area contributed by atoms with Gasteiger partial charge in [-0.15, -0.1) is 0 Å². The largest absolute Gasteiger partial charge is 0.393 e. The summed E-state index contributed by atoms with van der Waals surface area (Å²) in [5, 5.41) is 9.08. The number of hydrogen-bond acceptors (Lipinski definition) is 2. The van der Waals surface area contributed by atoms with Crippen molar-refractivity contribution in [1.82, 2.24) is 4.90 Å². The Balaban J connectivity index is 2.82. The second-order valence-corrected chi connectivity index (χ2v) is 3.96. The van der Waals surface area contributed by atoms with Crippen LogP contribution in [0.3, 0.4) is 0 Å². The third kappa shape index (κ3) is 3.49. The molecular weight excluding hydrogens is 228 g/mol. The number of halogens is 2. The quantitative estimate of drug-likeness (QED) is 0.876. The van der Waals surface area contributed by atoms with Crippen molar-refractivity contribution in [2.45, 2.75) is 19.4 Å². The molecule has 1 atom stereocenters. The molecule has 1 aromatic rings. The molecule has 94 valence electrons. The first kappa shape index (κ1) is 13.6. The van der Waals surface area contributed by atoms with Gasteiger partial charge < -0.3 is 10.0 Å². The Hall–Kier alpha value is -1.49. The van der Waals surface area contributed by atoms with E-state index in [0.29, 0.717) is 6.42 Å². The zero-order valence-corrected chi connectivity index (χ0v) is 9.78. The van der Waals surface area contributed by atoms with Crippen LogP contribution in [0.1, 0.15) is 23.7 Å². The summed E-state index contributed by atoms with van der Waals surface area (Å²) in [5.74, 6) is -2.47. The van der Waals surface area contributed by atoms with Crippen molar-refractivity contribution in [3.05, 3.63) is 35.4 Å². The van der Waals surface area contributed by atoms with Crippen LogP contribution in [-0.4, -0.2) is 35.6 Å². The van der Waals surface area contributed by atoms with E-state index in [1.165, 1.54) is 18.0 Å². The predicted octanol–water partition coefficient (Wildman–Crippen LogP) is 1.81. The van der Waals surface area contributed by atoms with Gasteiger partial charge in [-0.05, 0) is 25.5 Å². The maximum atomic E-state index is 13.3. The lowest BCUT2D eigenvalue weighted by molar-refractivity contribution is 0.0759. The highest BCUT2D eigenvalue weighted by Gasteiger charge is 2.20. The summed E-state index contributed by atoms with van der Waals surface area (Å²) in [6.45, 7) is 1.83. The molecule has 17 heavy (non-hydrogen) atoms. The first-order valence-corrected chi connectivity index (χ1v) is 5.31. The summed E-state index contributed by atoms with van der Waals surface area (Å²) in [5.41, 5.74) is -0.555. The first-order chi connectivity index (χ1) is 7.93. The van der Waals surface area contributed by atoms with Gasteiger partial charge in [-0.25, -0.2) is 8.78 Å². The Morgan fingerprint density at radius 2 is 1.94 bits per heavy atom. The van der Waals surface area contributed by atoms with Gasteiger partial charge in [0.1, 0.15) is 17.2 Å². The lowest BCUT2D eigenvalue weighted by atomic mass is 10.1. The number of nitrogens with zero attached hydrogens (tertiary/aromatic N) is 1. The van der Waals surface area contributed by atoms with E-state index in [1.807, 2.05) is 0 Å². The Bertz CT molecular complexity index is 387. The van der Waals surface area contributed by atoms with Gasteiger partial charge in [0.15, 0.2) is 0 Å². The van der Waals surface area contributed by atoms with Crippen molar-refractivity contribution in [2.24, 2.45) is 0 Å². The van der Waals surface area contributed by atoms with Crippen LogP contribution in [0, 0.1) is 11.6 Å². The molecule has 1 N–H and O–H groups in total. The van der Waals surface area contributed by atoms with E-state index < -0.39 is 29.2 Å². The Labute approximate surface area is 98.7 Å². The van der Waals surface area contributed by atoms with Crippen LogP contribution >= 0.6 is 0 Å². The predicted molar refractivity (Wildman–Crippen MR) is 59.6 cm³/mol. The molecule has 0 saturated heterocycles. The molecule has 5 heteroatoms. The minimum Gasteiger partial charge on any atom is -0.393 e. The Morgan fingerprint density at radius 3 is 2.41 bits per heavy atom. The number of carbonyl (C=O) groups excluding carboxylic acids is 1. The smallest absolute Gasteiger partial charge is 0.259 e. The fourth-order valence-corrected chi connectivity index (χ4v) is 1.38. The van der Waals surface area contributed by atoms with E-state index >= 15 is 0 Å². The SMILES string of the molecule is CC(O)CCN(C)C(=O)c1c(F)cccc1F. The number of benzene rings is 1. The van der Waals surface area contributed by atoms with Gasteiger partial charge in [0.05, 0.1) is 6.10 Å². The molecule has 0 aliphatic rings. The van der Waals surface area contributed by atoms with Gasteiger partial charge in [0.25, 0.3) is 5.91 Å². The molecule has 3 nitrogen and oxygen atoms in total. The van der Waals surface area contributed by atoms with Gasteiger partial charge in [0, 0.05) is 13.6 Å². The van der Waals surface area contributed by atoms with E-state index in [-0.39, 0.29) is 6.54 Å². The molecule has 0 heterocycles. The lowest BCUT2D eigenvalue weighted by Gasteiger charge is -2.18. The third-order valence-corrected chi connectivity index (χ3v) is 2.41. The monoisotopic (exact) mass is 243 g/mol. The molecule has 0 spiro atoms. The number of aliphatic hydroxyl groups is 1. The van der Waals surface area contributed by atoms with Gasteiger partial charge in [-0.3, -0.25) is 4.79 Å². The lowest BCUT2D eigenvalue weighted by Crippen LogP contribution is -2.30. The zero-order valence-electron chi connectivity index (χ0n) is 9.78. The van der Waals surface area contributed by atoms with Crippen molar-refractivity contribution in [1.29, 1.82) is 0 Å². The van der Waals surface area contributed by atoms with Crippen LogP contribution in [0.25, 0.3) is 0 Å². The maximum Gasteiger partial charge on any atom is 0.259 e. The normalized spacial score (nSPS) is 12.3. The second kappa shape index (κ2) is 5.72. The van der Waals surface area contributed by atoms with Crippen LogP contribution in [0.15, 0.2) is 18.2 Å². The first-order valence-electron chi connectivity index (χ1n) is 5.31. The number of hydrogen-bond donors (Lipinski definition) is 1. The summed E-state index contributed by atoms with van der Waals surface area (Å²) in [4.78, 5) is 13.0. The molecule has 1 unspecified atom stereocenters. The average Bonchev–Trinajstić information content (AvgIpc) is 2.25. The number of rotatable bonds is 4. The topological polar surface area (TPSA) is 40.5 Å². The molecule has 1 amide bonds. The van der Waals surface area contributed by atoms with Gasteiger partial charge in [-0.2, -0.15) is 0 Å². The number of amides is 1. The van der Waals surface area contributed by atoms with Crippen LogP contribution in [-0.2, 0) is 0 Å². The van der Waals surface area contributed by atoms with E-state index in [0.717, 1.165) is 12.1 Å². The van der Waals surface area contributed by atoms with Gasteiger partial charge >= 0.3 is 0 Å². The minimum absolute atomic E-state index is 0.240. The van der Waals surface area contributed by atoms with E-state index in [2.05, 4.69) is 0 Å². The standard InChI is InChI=1S/C12H15F2NO2/c1-8(16)6-7-15(2)12(17)11-9(13)4-3-5-10(11)14/h3-5,8,16H,6-7H2,1-2H3. The fraction of sp³-hybridized carbons (Fsp3) is 0.417. The molecule has 0 fully saturated rings. The minimum atomic E-state index is -0.876. The highest BCUT2D eigenvalue weighted by Crippen LogP contribution is 2.14. The van der Waals surface area contributed by atoms with Crippen molar-refractivity contribution < 1.29 is 18.7 Å². The fourth-order valence-electron chi connectivity index (χ4n) is 1.38. The second-order valence-electron chi connectivity index (χ2n) is 3.96. The van der Waals surface area contributed by atoms with Crippen molar-refractivity contribution in [2.75, 3.05) is 13.6 Å². The highest BCUT2D eigenvalue weighted by molar-refractivity contribution is 5.94. The van der Waals surface area contributed by atoms with E-state index in [4.69, 9.17) is 5.11 Å². The number of carbonyl (C=O) groups is 1. The summed E-state index contributed by atoms with van der Waals surface area (Å²) in [6.07, 6.45) is -0.200. The van der Waals surface area contributed by atoms with Gasteiger partial charge in [0.2, 0.25) is 0 Å². The summed E-state index contributed by atoms with van der Waals surface area (Å²) in [6, 6.07) is 3.29. The molecular formula is C12H15F2NO2. The van der Waals surface area contributed by atoms with Crippen LogP contribution in [0.2, 0.25) is 0 Å². The van der Waals surface area contributed by atoms with Crippen LogP contribution < -0.4 is 0 Å². The molecule has 0 aliphatic carbocycles. The third-order valence-electron chi connectivity index (χ3n) is 2.41. The molecule has 0 radical (unpaired) electrons. The van der Waals surface area contributed by atoms with Crippen molar-refractivity contribution >= 4 is 5.91 Å². The average molecular weight is 243 g/mol. The highest BCUT2D eigenvalue weighted by atomic mass is 19.1. The van der Waals surface area contributed by atoms with Crippen LogP contribution in [0.5, 0.6) is 0 Å². The van der Waals surface area contributed by atoms with Gasteiger partial charge in [-0.1, -0.05) is 6.07 Å². The molecule has 1 aromatic carbocycles. The molecule has 1 rings (SSSR count). The summed E-state index contributed by atoms with van der Waals surface area (Å²) >= 11 is 0. The Kier molecular flexibility index (Phi) is 4.57. The zero-order chi connectivity index (χ0) is 13.0. The Morgan fingerprint density at radius 1 is 1.41 bits per heavy atom. The van der Waals surface area contributed by atoms with Crippen molar-refractivity contribution in [3.63, 3.8) is 0 Å². The number of aliphatic hydroxyl groups excluding tert-OH is 1. The molecule has 0 aliphatic heterocycles. The maximum absolute atomic E-state index is 13.3. The molecule has 0 aromatic heterocycles. The van der Waals surface area contributed by atoms with Crippen molar-refractivity contribution in [3.8, 4) is 0 Å². The molecule has 0 bridgehead atoms. The van der Waals surface area contributed by atoms with E-state index in [1.54, 1.807) is 6.92 Å². The van der Waals surface area contributed by atoms with E-state index in [9.17, 15) is 13.6 Å².